The molecule has 0 radical (unpaired) electrons. The second-order valence-electron chi connectivity index (χ2n) is 7.28. The van der Waals surface area contributed by atoms with Crippen LogP contribution in [-0.2, 0) is 11.2 Å². The summed E-state index contributed by atoms with van der Waals surface area (Å²) in [6.07, 6.45) is 3.85. The molecule has 29 heavy (non-hydrogen) atoms. The quantitative estimate of drug-likeness (QED) is 0.667. The van der Waals surface area contributed by atoms with Crippen molar-refractivity contribution in [3.63, 3.8) is 0 Å². The number of amides is 2. The zero-order valence-corrected chi connectivity index (χ0v) is 17.1. The molecule has 6 heteroatoms. The molecule has 2 amide bonds. The average Bonchev–Trinajstić information content (AvgIpc) is 3.26. The maximum Gasteiger partial charge on any atom is 0.254 e. The molecule has 2 aromatic heterocycles. The van der Waals surface area contributed by atoms with Gasteiger partial charge in [0, 0.05) is 49.5 Å². The number of nitrogens with zero attached hydrogens (tertiary/aromatic N) is 3. The second kappa shape index (κ2) is 8.57. The van der Waals surface area contributed by atoms with E-state index in [1.54, 1.807) is 45.7 Å². The van der Waals surface area contributed by atoms with Gasteiger partial charge in [0.15, 0.2) is 0 Å². The number of rotatable bonds is 4. The van der Waals surface area contributed by atoms with Gasteiger partial charge in [0.1, 0.15) is 0 Å². The summed E-state index contributed by atoms with van der Waals surface area (Å²) < 4.78 is 0. The van der Waals surface area contributed by atoms with Crippen molar-refractivity contribution in [2.45, 2.75) is 6.42 Å². The van der Waals surface area contributed by atoms with E-state index in [1.165, 1.54) is 4.88 Å². The van der Waals surface area contributed by atoms with Crippen molar-refractivity contribution in [1.82, 2.24) is 14.8 Å². The molecule has 1 saturated heterocycles. The lowest BCUT2D eigenvalue weighted by molar-refractivity contribution is -0.133. The SMILES string of the molecule is CN1CCN(C(=O)c2ccncc2)C[C@H](Cc2ccccc2-c2cccs2)C1=O. The number of carbonyl (C=O) groups is 2. The number of benzene rings is 1. The lowest BCUT2D eigenvalue weighted by Crippen LogP contribution is -2.37. The van der Waals surface area contributed by atoms with Gasteiger partial charge >= 0.3 is 0 Å². The van der Waals surface area contributed by atoms with Gasteiger partial charge < -0.3 is 9.80 Å². The summed E-state index contributed by atoms with van der Waals surface area (Å²) in [6.45, 7) is 1.49. The van der Waals surface area contributed by atoms with E-state index in [4.69, 9.17) is 0 Å². The summed E-state index contributed by atoms with van der Waals surface area (Å²) in [5.41, 5.74) is 2.91. The predicted molar refractivity (Wildman–Crippen MR) is 115 cm³/mol. The topological polar surface area (TPSA) is 53.5 Å². The van der Waals surface area contributed by atoms with Crippen molar-refractivity contribution in [3.05, 3.63) is 77.4 Å². The Kier molecular flexibility index (Phi) is 5.71. The molecule has 1 atom stereocenters. The lowest BCUT2D eigenvalue weighted by Gasteiger charge is -2.24. The molecule has 1 fully saturated rings. The Morgan fingerprint density at radius 2 is 1.90 bits per heavy atom. The van der Waals surface area contributed by atoms with Crippen molar-refractivity contribution in [2.75, 3.05) is 26.7 Å². The smallest absolute Gasteiger partial charge is 0.254 e. The summed E-state index contributed by atoms with van der Waals surface area (Å²) >= 11 is 1.69. The van der Waals surface area contributed by atoms with E-state index in [-0.39, 0.29) is 17.7 Å². The zero-order chi connectivity index (χ0) is 20.2. The molecule has 0 aliphatic carbocycles. The minimum Gasteiger partial charge on any atom is -0.344 e. The Morgan fingerprint density at radius 3 is 2.66 bits per heavy atom. The van der Waals surface area contributed by atoms with E-state index < -0.39 is 0 Å². The Bertz CT molecular complexity index is 988. The van der Waals surface area contributed by atoms with E-state index in [9.17, 15) is 9.59 Å². The van der Waals surface area contributed by atoms with Gasteiger partial charge in [0.2, 0.25) is 5.91 Å². The molecule has 3 aromatic rings. The molecule has 1 aliphatic rings. The van der Waals surface area contributed by atoms with Crippen molar-refractivity contribution in [1.29, 1.82) is 0 Å². The van der Waals surface area contributed by atoms with Gasteiger partial charge in [0.05, 0.1) is 5.92 Å². The number of carbonyl (C=O) groups excluding carboxylic acids is 2. The minimum absolute atomic E-state index is 0.0490. The second-order valence-corrected chi connectivity index (χ2v) is 8.23. The first-order chi connectivity index (χ1) is 14.1. The Labute approximate surface area is 174 Å². The summed E-state index contributed by atoms with van der Waals surface area (Å²) in [7, 11) is 1.82. The van der Waals surface area contributed by atoms with E-state index in [1.807, 2.05) is 25.2 Å². The molecule has 0 unspecified atom stereocenters. The molecule has 1 aliphatic heterocycles. The van der Waals surface area contributed by atoms with Crippen molar-refractivity contribution in [2.24, 2.45) is 5.92 Å². The summed E-state index contributed by atoms with van der Waals surface area (Å²) in [5, 5.41) is 2.06. The fourth-order valence-electron chi connectivity index (χ4n) is 3.78. The van der Waals surface area contributed by atoms with Crippen LogP contribution in [0.4, 0.5) is 0 Å². The number of hydrogen-bond acceptors (Lipinski definition) is 4. The highest BCUT2D eigenvalue weighted by Crippen LogP contribution is 2.30. The van der Waals surface area contributed by atoms with Crippen LogP contribution in [0, 0.1) is 5.92 Å². The average molecular weight is 406 g/mol. The Balaban J connectivity index is 1.60. The van der Waals surface area contributed by atoms with Gasteiger partial charge in [-0.05, 0) is 41.1 Å². The highest BCUT2D eigenvalue weighted by Gasteiger charge is 2.31. The van der Waals surface area contributed by atoms with Crippen LogP contribution < -0.4 is 0 Å². The summed E-state index contributed by atoms with van der Waals surface area (Å²) in [6, 6.07) is 15.8. The third-order valence-corrected chi connectivity index (χ3v) is 6.26. The molecule has 5 nitrogen and oxygen atoms in total. The summed E-state index contributed by atoms with van der Waals surface area (Å²) in [4.78, 5) is 34.8. The van der Waals surface area contributed by atoms with Crippen LogP contribution in [0.1, 0.15) is 15.9 Å². The van der Waals surface area contributed by atoms with Crippen LogP contribution in [0.2, 0.25) is 0 Å². The number of hydrogen-bond donors (Lipinski definition) is 0. The Morgan fingerprint density at radius 1 is 1.10 bits per heavy atom. The minimum atomic E-state index is -0.269. The van der Waals surface area contributed by atoms with Crippen LogP contribution in [0.5, 0.6) is 0 Å². The predicted octanol–water partition coefficient (Wildman–Crippen LogP) is 3.58. The van der Waals surface area contributed by atoms with Crippen LogP contribution in [0.15, 0.2) is 66.3 Å². The van der Waals surface area contributed by atoms with Crippen LogP contribution in [0.25, 0.3) is 10.4 Å². The molecule has 148 valence electrons. The number of thiophene rings is 1. The lowest BCUT2D eigenvalue weighted by atomic mass is 9.93. The first-order valence-electron chi connectivity index (χ1n) is 9.69. The van der Waals surface area contributed by atoms with Gasteiger partial charge in [-0.1, -0.05) is 30.3 Å². The van der Waals surface area contributed by atoms with Gasteiger partial charge in [-0.2, -0.15) is 0 Å². The molecule has 0 N–H and O–H groups in total. The highest BCUT2D eigenvalue weighted by atomic mass is 32.1. The van der Waals surface area contributed by atoms with Crippen LogP contribution >= 0.6 is 11.3 Å². The van der Waals surface area contributed by atoms with E-state index >= 15 is 0 Å². The summed E-state index contributed by atoms with van der Waals surface area (Å²) in [5.74, 6) is -0.225. The molecule has 3 heterocycles. The third kappa shape index (κ3) is 4.22. The van der Waals surface area contributed by atoms with Gasteiger partial charge in [-0.15, -0.1) is 11.3 Å². The monoisotopic (exact) mass is 405 g/mol. The van der Waals surface area contributed by atoms with Crippen molar-refractivity contribution in [3.8, 4) is 10.4 Å². The van der Waals surface area contributed by atoms with Crippen molar-refractivity contribution >= 4 is 23.2 Å². The maximum absolute atomic E-state index is 13.0. The van der Waals surface area contributed by atoms with Crippen LogP contribution in [0.3, 0.4) is 0 Å². The third-order valence-electron chi connectivity index (χ3n) is 5.36. The Hall–Kier alpha value is -2.99. The zero-order valence-electron chi connectivity index (χ0n) is 16.3. The van der Waals surface area contributed by atoms with Crippen LogP contribution in [-0.4, -0.2) is 53.3 Å². The normalized spacial score (nSPS) is 17.3. The van der Waals surface area contributed by atoms with E-state index in [0.29, 0.717) is 31.6 Å². The molecule has 0 spiro atoms. The van der Waals surface area contributed by atoms with E-state index in [2.05, 4.69) is 28.6 Å². The van der Waals surface area contributed by atoms with Crippen molar-refractivity contribution < 1.29 is 9.59 Å². The first kappa shape index (κ1) is 19.3. The van der Waals surface area contributed by atoms with Gasteiger partial charge in [-0.3, -0.25) is 14.6 Å². The largest absolute Gasteiger partial charge is 0.344 e. The maximum atomic E-state index is 13.0. The fraction of sp³-hybridized carbons (Fsp3) is 0.261. The number of aromatic nitrogens is 1. The fourth-order valence-corrected chi connectivity index (χ4v) is 4.56. The number of pyridine rings is 1. The molecule has 0 saturated carbocycles. The number of likely N-dealkylation sites (N-methyl/N-ethyl adjacent to an activating group) is 1. The standard InChI is InChI=1S/C23H23N3O2S/c1-25-12-13-26(23(28)17-8-10-24-11-9-17)16-19(22(25)27)15-18-5-2-3-6-20(18)21-7-4-14-29-21/h2-11,14,19H,12-13,15-16H2,1H3/t19-/m0/s1. The molecular formula is C23H23N3O2S. The highest BCUT2D eigenvalue weighted by molar-refractivity contribution is 7.13. The molecule has 1 aromatic carbocycles. The molecule has 4 rings (SSSR count). The van der Waals surface area contributed by atoms with Gasteiger partial charge in [-0.25, -0.2) is 0 Å². The van der Waals surface area contributed by atoms with E-state index in [0.717, 1.165) is 11.1 Å². The molecule has 0 bridgehead atoms. The molecular weight excluding hydrogens is 382 g/mol. The van der Waals surface area contributed by atoms with Gasteiger partial charge in [0.25, 0.3) is 5.91 Å². The first-order valence-corrected chi connectivity index (χ1v) is 10.6.